The molecule has 0 aromatic heterocycles. The SMILES string of the molecule is O=C1N=C(N2CCN(C(c3ccccc3)c3ccccc3)CC2)S/C1=C/c1cccc(O)c1. The Balaban J connectivity index is 1.29. The van der Waals surface area contributed by atoms with Crippen LogP contribution in [0.2, 0.25) is 0 Å². The van der Waals surface area contributed by atoms with Crippen LogP contribution in [0.5, 0.6) is 5.75 Å². The summed E-state index contributed by atoms with van der Waals surface area (Å²) in [7, 11) is 0. The monoisotopic (exact) mass is 455 g/mol. The van der Waals surface area contributed by atoms with Crippen molar-refractivity contribution in [2.24, 2.45) is 4.99 Å². The molecule has 1 amide bonds. The number of amides is 1. The Morgan fingerprint density at radius 2 is 1.48 bits per heavy atom. The van der Waals surface area contributed by atoms with Crippen molar-refractivity contribution in [1.29, 1.82) is 0 Å². The van der Waals surface area contributed by atoms with Crippen molar-refractivity contribution in [2.75, 3.05) is 26.2 Å². The van der Waals surface area contributed by atoms with E-state index in [4.69, 9.17) is 0 Å². The molecule has 0 unspecified atom stereocenters. The first-order chi connectivity index (χ1) is 16.2. The van der Waals surface area contributed by atoms with E-state index in [0.717, 1.165) is 36.9 Å². The van der Waals surface area contributed by atoms with E-state index >= 15 is 0 Å². The molecule has 33 heavy (non-hydrogen) atoms. The molecule has 5 rings (SSSR count). The summed E-state index contributed by atoms with van der Waals surface area (Å²) in [5, 5.41) is 10.4. The van der Waals surface area contributed by atoms with Gasteiger partial charge in [-0.25, -0.2) is 0 Å². The Morgan fingerprint density at radius 3 is 2.09 bits per heavy atom. The molecule has 0 bridgehead atoms. The smallest absolute Gasteiger partial charge is 0.286 e. The van der Waals surface area contributed by atoms with Gasteiger partial charge in [0.15, 0.2) is 5.17 Å². The molecule has 3 aromatic carbocycles. The second-order valence-electron chi connectivity index (χ2n) is 8.15. The van der Waals surface area contributed by atoms with Crippen LogP contribution in [0.15, 0.2) is 94.8 Å². The lowest BCUT2D eigenvalue weighted by Crippen LogP contribution is -2.49. The fourth-order valence-electron chi connectivity index (χ4n) is 4.36. The maximum atomic E-state index is 12.5. The van der Waals surface area contributed by atoms with Crippen LogP contribution in [-0.4, -0.2) is 52.2 Å². The predicted molar refractivity (Wildman–Crippen MR) is 134 cm³/mol. The van der Waals surface area contributed by atoms with Gasteiger partial charge in [-0.15, -0.1) is 0 Å². The zero-order valence-electron chi connectivity index (χ0n) is 18.2. The van der Waals surface area contributed by atoms with Gasteiger partial charge >= 0.3 is 0 Å². The van der Waals surface area contributed by atoms with Gasteiger partial charge in [0.1, 0.15) is 5.75 Å². The highest BCUT2D eigenvalue weighted by atomic mass is 32.2. The highest BCUT2D eigenvalue weighted by Crippen LogP contribution is 2.33. The number of hydrogen-bond acceptors (Lipinski definition) is 5. The summed E-state index contributed by atoms with van der Waals surface area (Å²) >= 11 is 1.42. The van der Waals surface area contributed by atoms with Crippen LogP contribution in [0, 0.1) is 0 Å². The van der Waals surface area contributed by atoms with Gasteiger partial charge in [0.05, 0.1) is 10.9 Å². The van der Waals surface area contributed by atoms with Crippen molar-refractivity contribution in [2.45, 2.75) is 6.04 Å². The lowest BCUT2D eigenvalue weighted by molar-refractivity contribution is -0.113. The number of amidine groups is 1. The van der Waals surface area contributed by atoms with E-state index in [1.54, 1.807) is 24.3 Å². The molecule has 3 aromatic rings. The molecule has 5 nitrogen and oxygen atoms in total. The number of benzene rings is 3. The average molecular weight is 456 g/mol. The summed E-state index contributed by atoms with van der Waals surface area (Å²) in [5.74, 6) is -0.0318. The quantitative estimate of drug-likeness (QED) is 0.575. The lowest BCUT2D eigenvalue weighted by atomic mass is 9.96. The Labute approximate surface area is 198 Å². The largest absolute Gasteiger partial charge is 0.508 e. The minimum Gasteiger partial charge on any atom is -0.508 e. The Kier molecular flexibility index (Phi) is 6.28. The third-order valence-electron chi connectivity index (χ3n) is 5.96. The number of piperazine rings is 1. The van der Waals surface area contributed by atoms with Crippen molar-refractivity contribution < 1.29 is 9.90 Å². The molecular weight excluding hydrogens is 430 g/mol. The fraction of sp³-hybridized carbons (Fsp3) is 0.185. The van der Waals surface area contributed by atoms with Crippen molar-refractivity contribution in [3.05, 3.63) is 107 Å². The zero-order valence-corrected chi connectivity index (χ0v) is 19.0. The summed E-state index contributed by atoms with van der Waals surface area (Å²) in [4.78, 5) is 22.1. The number of rotatable bonds is 4. The highest BCUT2D eigenvalue weighted by Gasteiger charge is 2.31. The molecule has 2 aliphatic heterocycles. The van der Waals surface area contributed by atoms with Gasteiger partial charge in [-0.3, -0.25) is 9.69 Å². The molecule has 1 saturated heterocycles. The number of carbonyl (C=O) groups is 1. The van der Waals surface area contributed by atoms with Crippen LogP contribution in [-0.2, 0) is 4.79 Å². The predicted octanol–water partition coefficient (Wildman–Crippen LogP) is 4.77. The highest BCUT2D eigenvalue weighted by molar-refractivity contribution is 8.18. The van der Waals surface area contributed by atoms with Crippen LogP contribution in [0.3, 0.4) is 0 Å². The summed E-state index contributed by atoms with van der Waals surface area (Å²) in [5.41, 5.74) is 3.37. The normalized spacial score (nSPS) is 18.2. The standard InChI is InChI=1S/C27H25N3O2S/c31-23-13-7-8-20(18-23)19-24-26(32)28-27(33-24)30-16-14-29(15-17-30)25(21-9-3-1-4-10-21)22-11-5-2-6-12-22/h1-13,18-19,25,31H,14-17H2/b24-19+. The number of phenols is 1. The summed E-state index contributed by atoms with van der Waals surface area (Å²) < 4.78 is 0. The number of thioether (sulfide) groups is 1. The molecule has 0 radical (unpaired) electrons. The minimum atomic E-state index is -0.216. The molecule has 2 aliphatic rings. The molecule has 1 N–H and O–H groups in total. The van der Waals surface area contributed by atoms with Crippen LogP contribution in [0.4, 0.5) is 0 Å². The number of phenolic OH excluding ortho intramolecular Hbond substituents is 1. The number of aliphatic imine (C=N–C) groups is 1. The first-order valence-corrected chi connectivity index (χ1v) is 11.9. The van der Waals surface area contributed by atoms with Gasteiger partial charge in [0, 0.05) is 26.2 Å². The Morgan fingerprint density at radius 1 is 0.848 bits per heavy atom. The third kappa shape index (κ3) is 4.87. The maximum absolute atomic E-state index is 12.5. The van der Waals surface area contributed by atoms with E-state index < -0.39 is 0 Å². The van der Waals surface area contributed by atoms with Gasteiger partial charge in [-0.05, 0) is 46.7 Å². The molecule has 0 saturated carbocycles. The average Bonchev–Trinajstić information content (AvgIpc) is 3.21. The van der Waals surface area contributed by atoms with Gasteiger partial charge in [-0.2, -0.15) is 4.99 Å². The summed E-state index contributed by atoms with van der Waals surface area (Å²) in [6.07, 6.45) is 1.79. The number of nitrogens with zero attached hydrogens (tertiary/aromatic N) is 3. The van der Waals surface area contributed by atoms with Crippen LogP contribution < -0.4 is 0 Å². The van der Waals surface area contributed by atoms with Gasteiger partial charge in [0.2, 0.25) is 0 Å². The molecule has 6 heteroatoms. The minimum absolute atomic E-state index is 0.184. The Hall–Kier alpha value is -3.35. The zero-order chi connectivity index (χ0) is 22.6. The van der Waals surface area contributed by atoms with Gasteiger partial charge in [0.25, 0.3) is 5.91 Å². The molecule has 0 atom stereocenters. The summed E-state index contributed by atoms with van der Waals surface area (Å²) in [6, 6.07) is 28.4. The van der Waals surface area contributed by atoms with Crippen molar-refractivity contribution >= 4 is 28.9 Å². The summed E-state index contributed by atoms with van der Waals surface area (Å²) in [6.45, 7) is 3.39. The maximum Gasteiger partial charge on any atom is 0.286 e. The van der Waals surface area contributed by atoms with Crippen molar-refractivity contribution in [3.8, 4) is 5.75 Å². The molecular formula is C27H25N3O2S. The topological polar surface area (TPSA) is 56.1 Å². The van der Waals surface area contributed by atoms with Crippen LogP contribution in [0.1, 0.15) is 22.7 Å². The molecule has 2 heterocycles. The Bertz CT molecular complexity index is 1150. The van der Waals surface area contributed by atoms with Crippen LogP contribution in [0.25, 0.3) is 6.08 Å². The van der Waals surface area contributed by atoms with E-state index in [2.05, 4.69) is 75.5 Å². The number of hydrogen-bond donors (Lipinski definition) is 1. The second-order valence-corrected chi connectivity index (χ2v) is 9.16. The molecule has 1 fully saturated rings. The molecule has 166 valence electrons. The van der Waals surface area contributed by atoms with Gasteiger partial charge < -0.3 is 10.0 Å². The molecule has 0 spiro atoms. The van der Waals surface area contributed by atoms with Crippen molar-refractivity contribution in [3.63, 3.8) is 0 Å². The molecule has 0 aliphatic carbocycles. The third-order valence-corrected chi connectivity index (χ3v) is 7.00. The first-order valence-electron chi connectivity index (χ1n) is 11.1. The van der Waals surface area contributed by atoms with Gasteiger partial charge in [-0.1, -0.05) is 72.8 Å². The van der Waals surface area contributed by atoms with E-state index in [-0.39, 0.29) is 17.7 Å². The van der Waals surface area contributed by atoms with Crippen molar-refractivity contribution in [1.82, 2.24) is 9.80 Å². The number of carbonyl (C=O) groups excluding carboxylic acids is 1. The number of aromatic hydroxyl groups is 1. The van der Waals surface area contributed by atoms with E-state index in [9.17, 15) is 9.90 Å². The van der Waals surface area contributed by atoms with E-state index in [1.807, 2.05) is 6.07 Å². The lowest BCUT2D eigenvalue weighted by Gasteiger charge is -2.40. The van der Waals surface area contributed by atoms with Crippen LogP contribution >= 0.6 is 11.8 Å². The van der Waals surface area contributed by atoms with E-state index in [1.165, 1.54) is 22.9 Å². The first kappa shape index (κ1) is 21.5. The fourth-order valence-corrected chi connectivity index (χ4v) is 5.32. The second kappa shape index (κ2) is 9.65. The van der Waals surface area contributed by atoms with E-state index in [0.29, 0.717) is 4.91 Å².